The summed E-state index contributed by atoms with van der Waals surface area (Å²) in [6.07, 6.45) is 6.01. The number of amides is 1. The van der Waals surface area contributed by atoms with Gasteiger partial charge in [-0.1, -0.05) is 22.9 Å². The summed E-state index contributed by atoms with van der Waals surface area (Å²) in [5.41, 5.74) is 1.42. The highest BCUT2D eigenvalue weighted by Crippen LogP contribution is 2.39. The first-order valence-electron chi connectivity index (χ1n) is 10.1. The number of fused-ring (bicyclic) bond motifs is 1. The van der Waals surface area contributed by atoms with E-state index in [9.17, 15) is 9.59 Å². The maximum absolute atomic E-state index is 13.5. The molecule has 0 bridgehead atoms. The summed E-state index contributed by atoms with van der Waals surface area (Å²) in [4.78, 5) is 35.6. The number of aryl methyl sites for hydroxylation is 1. The molecular formula is C23H22Cl2N4O4S. The minimum absolute atomic E-state index is 0. The topological polar surface area (TPSA) is 86.6 Å². The van der Waals surface area contributed by atoms with Crippen LogP contribution in [0.25, 0.3) is 10.2 Å². The van der Waals surface area contributed by atoms with Crippen molar-refractivity contribution >= 4 is 62.6 Å². The van der Waals surface area contributed by atoms with Gasteiger partial charge >= 0.3 is 5.97 Å². The molecule has 1 amide bonds. The first kappa shape index (κ1) is 25.5. The van der Waals surface area contributed by atoms with Crippen molar-refractivity contribution in [2.45, 2.75) is 13.0 Å². The zero-order chi connectivity index (χ0) is 23.4. The first-order chi connectivity index (χ1) is 16.0. The standard InChI is InChI=1S/C23H21ClN4O4S.ClH/c1-31-18-9-8-17(24)20-19(18)26-23(33-20)28(12-3-11-27-13-10-25-14-27)21(29)15-4-6-16(7-5-15)22(30)32-2;/h4-10,13-14H,3,11-12H2,1-2H3;1H. The van der Waals surface area contributed by atoms with Crippen molar-refractivity contribution in [2.24, 2.45) is 0 Å². The third kappa shape index (κ3) is 5.32. The molecule has 34 heavy (non-hydrogen) atoms. The number of imidazole rings is 1. The van der Waals surface area contributed by atoms with Gasteiger partial charge in [0.2, 0.25) is 0 Å². The fourth-order valence-electron chi connectivity index (χ4n) is 3.36. The van der Waals surface area contributed by atoms with E-state index in [1.165, 1.54) is 18.4 Å². The largest absolute Gasteiger partial charge is 0.494 e. The maximum atomic E-state index is 13.5. The van der Waals surface area contributed by atoms with Crippen LogP contribution in [-0.2, 0) is 11.3 Å². The minimum Gasteiger partial charge on any atom is -0.494 e. The second-order valence-corrected chi connectivity index (χ2v) is 8.49. The highest BCUT2D eigenvalue weighted by atomic mass is 35.5. The van der Waals surface area contributed by atoms with Crippen LogP contribution in [0.2, 0.25) is 5.02 Å². The first-order valence-corrected chi connectivity index (χ1v) is 11.3. The van der Waals surface area contributed by atoms with Crippen LogP contribution in [0.5, 0.6) is 5.75 Å². The number of benzene rings is 2. The van der Waals surface area contributed by atoms with E-state index >= 15 is 0 Å². The highest BCUT2D eigenvalue weighted by molar-refractivity contribution is 7.23. The summed E-state index contributed by atoms with van der Waals surface area (Å²) in [5.74, 6) is -0.101. The Balaban J connectivity index is 0.00000324. The summed E-state index contributed by atoms with van der Waals surface area (Å²) in [6.45, 7) is 1.12. The number of ether oxygens (including phenoxy) is 2. The summed E-state index contributed by atoms with van der Waals surface area (Å²) in [6, 6.07) is 9.87. The molecule has 0 atom stereocenters. The normalized spacial score (nSPS) is 10.6. The van der Waals surface area contributed by atoms with Gasteiger partial charge in [-0.05, 0) is 42.8 Å². The Morgan fingerprint density at radius 3 is 2.50 bits per heavy atom. The third-order valence-electron chi connectivity index (χ3n) is 5.05. The Morgan fingerprint density at radius 1 is 1.12 bits per heavy atom. The molecular weight excluding hydrogens is 499 g/mol. The molecule has 4 rings (SSSR count). The minimum atomic E-state index is -0.459. The number of hydrogen-bond donors (Lipinski definition) is 0. The number of thiazole rings is 1. The molecule has 0 aliphatic rings. The Kier molecular flexibility index (Phi) is 8.49. The Morgan fingerprint density at radius 2 is 1.85 bits per heavy atom. The van der Waals surface area contributed by atoms with Gasteiger partial charge in [-0.2, -0.15) is 0 Å². The summed E-state index contributed by atoms with van der Waals surface area (Å²) >= 11 is 7.72. The lowest BCUT2D eigenvalue weighted by Gasteiger charge is -2.20. The van der Waals surface area contributed by atoms with E-state index in [-0.39, 0.29) is 18.3 Å². The summed E-state index contributed by atoms with van der Waals surface area (Å²) in [5, 5.41) is 1.06. The molecule has 0 saturated carbocycles. The smallest absolute Gasteiger partial charge is 0.337 e. The van der Waals surface area contributed by atoms with Crippen molar-refractivity contribution < 1.29 is 19.1 Å². The van der Waals surface area contributed by atoms with E-state index < -0.39 is 5.97 Å². The zero-order valence-corrected chi connectivity index (χ0v) is 20.8. The number of halogens is 2. The number of esters is 1. The number of carbonyl (C=O) groups is 2. The van der Waals surface area contributed by atoms with Crippen LogP contribution in [0.3, 0.4) is 0 Å². The van der Waals surface area contributed by atoms with Gasteiger partial charge in [-0.25, -0.2) is 14.8 Å². The van der Waals surface area contributed by atoms with Gasteiger partial charge in [-0.15, -0.1) is 12.4 Å². The fraction of sp³-hybridized carbons (Fsp3) is 0.217. The van der Waals surface area contributed by atoms with Crippen LogP contribution in [-0.4, -0.2) is 47.2 Å². The van der Waals surface area contributed by atoms with Crippen molar-refractivity contribution in [2.75, 3.05) is 25.7 Å². The van der Waals surface area contributed by atoms with Crippen molar-refractivity contribution in [1.29, 1.82) is 0 Å². The molecule has 0 unspecified atom stereocenters. The summed E-state index contributed by atoms with van der Waals surface area (Å²) in [7, 11) is 2.88. The molecule has 178 valence electrons. The van der Waals surface area contributed by atoms with Crippen molar-refractivity contribution in [3.05, 3.63) is 71.3 Å². The summed E-state index contributed by atoms with van der Waals surface area (Å²) < 4.78 is 12.9. The molecule has 2 aromatic heterocycles. The second-order valence-electron chi connectivity index (χ2n) is 7.10. The Hall–Kier alpha value is -3.14. The van der Waals surface area contributed by atoms with Crippen molar-refractivity contribution in [3.8, 4) is 5.75 Å². The highest BCUT2D eigenvalue weighted by Gasteiger charge is 2.23. The molecule has 0 fully saturated rings. The van der Waals surface area contributed by atoms with Crippen molar-refractivity contribution in [3.63, 3.8) is 0 Å². The van der Waals surface area contributed by atoms with E-state index in [0.29, 0.717) is 52.1 Å². The SMILES string of the molecule is COC(=O)c1ccc(C(=O)N(CCCn2ccnc2)c2nc3c(OC)ccc(Cl)c3s2)cc1.Cl. The molecule has 0 spiro atoms. The lowest BCUT2D eigenvalue weighted by Crippen LogP contribution is -2.32. The van der Waals surface area contributed by atoms with Crippen LogP contribution in [0, 0.1) is 0 Å². The van der Waals surface area contributed by atoms with Crippen molar-refractivity contribution in [1.82, 2.24) is 14.5 Å². The van der Waals surface area contributed by atoms with E-state index in [2.05, 4.69) is 9.97 Å². The molecule has 2 heterocycles. The van der Waals surface area contributed by atoms with Crippen LogP contribution < -0.4 is 9.64 Å². The molecule has 0 radical (unpaired) electrons. The number of nitrogens with zero attached hydrogens (tertiary/aromatic N) is 4. The van der Waals surface area contributed by atoms with Gasteiger partial charge in [0, 0.05) is 31.0 Å². The maximum Gasteiger partial charge on any atom is 0.337 e. The van der Waals surface area contributed by atoms with Crippen LogP contribution in [0.4, 0.5) is 5.13 Å². The Labute approximate surface area is 211 Å². The average molecular weight is 521 g/mol. The number of carbonyl (C=O) groups excluding carboxylic acids is 2. The molecule has 2 aromatic carbocycles. The van der Waals surface area contributed by atoms with Gasteiger partial charge in [0.15, 0.2) is 5.13 Å². The number of methoxy groups -OCH3 is 2. The number of anilines is 1. The number of rotatable bonds is 8. The van der Waals surface area contributed by atoms with Gasteiger partial charge in [0.25, 0.3) is 5.91 Å². The second kappa shape index (κ2) is 11.3. The number of hydrogen-bond acceptors (Lipinski definition) is 7. The Bertz CT molecular complexity index is 1280. The average Bonchev–Trinajstić information content (AvgIpc) is 3.52. The van der Waals surface area contributed by atoms with E-state index in [0.717, 1.165) is 4.70 Å². The lowest BCUT2D eigenvalue weighted by atomic mass is 10.1. The molecule has 0 aliphatic heterocycles. The molecule has 8 nitrogen and oxygen atoms in total. The quantitative estimate of drug-likeness (QED) is 0.300. The predicted octanol–water partition coefficient (Wildman–Crippen LogP) is 5.10. The van der Waals surface area contributed by atoms with Crippen LogP contribution in [0.15, 0.2) is 55.1 Å². The van der Waals surface area contributed by atoms with Crippen LogP contribution >= 0.6 is 35.3 Å². The third-order valence-corrected chi connectivity index (χ3v) is 6.59. The fourth-order valence-corrected chi connectivity index (χ4v) is 4.64. The lowest BCUT2D eigenvalue weighted by molar-refractivity contribution is 0.0600. The molecule has 0 N–H and O–H groups in total. The zero-order valence-electron chi connectivity index (χ0n) is 18.4. The predicted molar refractivity (Wildman–Crippen MR) is 135 cm³/mol. The monoisotopic (exact) mass is 520 g/mol. The molecule has 0 saturated heterocycles. The molecule has 0 aliphatic carbocycles. The van der Waals surface area contributed by atoms with E-state index in [1.54, 1.807) is 60.9 Å². The molecule has 11 heteroatoms. The van der Waals surface area contributed by atoms with Gasteiger partial charge in [-0.3, -0.25) is 9.69 Å². The van der Waals surface area contributed by atoms with E-state index in [4.69, 9.17) is 21.1 Å². The van der Waals surface area contributed by atoms with Gasteiger partial charge in [0.05, 0.1) is 35.8 Å². The van der Waals surface area contributed by atoms with Crippen LogP contribution in [0.1, 0.15) is 27.1 Å². The van der Waals surface area contributed by atoms with Gasteiger partial charge in [0.1, 0.15) is 11.3 Å². The van der Waals surface area contributed by atoms with E-state index in [1.807, 2.05) is 10.8 Å². The number of aromatic nitrogens is 3. The van der Waals surface area contributed by atoms with Gasteiger partial charge < -0.3 is 14.0 Å². The molecule has 4 aromatic rings.